The van der Waals surface area contributed by atoms with Gasteiger partial charge in [-0.1, -0.05) is 26.2 Å². The molecule has 0 radical (unpaired) electrons. The fraction of sp³-hybridized carbons (Fsp3) is 1.00. The molecule has 0 spiro atoms. The maximum atomic E-state index is 8.49. The van der Waals surface area contributed by atoms with Crippen molar-refractivity contribution in [1.29, 1.82) is 0 Å². The molecule has 0 aliphatic carbocycles. The Morgan fingerprint density at radius 2 is 2.12 bits per heavy atom. The molecule has 0 aromatic heterocycles. The van der Waals surface area contributed by atoms with Crippen molar-refractivity contribution in [3.05, 3.63) is 0 Å². The second-order valence-electron chi connectivity index (χ2n) is 1.68. The molecule has 2 N–H and O–H groups in total. The summed E-state index contributed by atoms with van der Waals surface area (Å²) in [5, 5.41) is 17.0. The van der Waals surface area contributed by atoms with Gasteiger partial charge in [0.1, 0.15) is 0 Å². The molecule has 0 saturated heterocycles. The Balaban J connectivity index is 3.63. The average Bonchev–Trinajstić information content (AvgIpc) is 1.84. The molecule has 0 saturated carbocycles. The Kier molecular flexibility index (Phi) is 3.09. The molecule has 0 unspecified atom stereocenters. The topological polar surface area (TPSA) is 40.5 Å². The van der Waals surface area contributed by atoms with Crippen LogP contribution in [0.4, 0.5) is 0 Å². The van der Waals surface area contributed by atoms with Crippen LogP contribution >= 0.6 is 0 Å². The van der Waals surface area contributed by atoms with Crippen molar-refractivity contribution in [3.63, 3.8) is 0 Å². The lowest BCUT2D eigenvalue weighted by molar-refractivity contribution is 0.402. The Morgan fingerprint density at radius 1 is 1.50 bits per heavy atom. The first-order chi connectivity index (χ1) is 4.50. The molecule has 0 heterocycles. The molecule has 0 aromatic rings. The molecule has 2 nitrogen and oxygen atoms in total. The van der Waals surface area contributed by atoms with Gasteiger partial charge in [-0.25, -0.2) is 0 Å². The molecule has 0 fully saturated rings. The van der Waals surface area contributed by atoms with Gasteiger partial charge >= 0.3 is 7.12 Å². The van der Waals surface area contributed by atoms with Crippen LogP contribution in [0.3, 0.4) is 0 Å². The summed E-state index contributed by atoms with van der Waals surface area (Å²) in [6.07, 6.45) is -0.0754. The van der Waals surface area contributed by atoms with Gasteiger partial charge in [0, 0.05) is 2.74 Å². The first kappa shape index (κ1) is 4.83. The summed E-state index contributed by atoms with van der Waals surface area (Å²) in [5.41, 5.74) is 0. The van der Waals surface area contributed by atoms with Gasteiger partial charge in [-0.3, -0.25) is 0 Å². The van der Waals surface area contributed by atoms with Crippen molar-refractivity contribution in [2.75, 3.05) is 0 Å². The van der Waals surface area contributed by atoms with E-state index in [9.17, 15) is 0 Å². The van der Waals surface area contributed by atoms with E-state index >= 15 is 0 Å². The SMILES string of the molecule is [2H]C([2H])(CCCC)B(O)O. The second-order valence-corrected chi connectivity index (χ2v) is 1.68. The summed E-state index contributed by atoms with van der Waals surface area (Å²) < 4.78 is 14.1. The normalized spacial score (nSPS) is 14.9. The Hall–Kier alpha value is -0.0151. The zero-order valence-corrected chi connectivity index (χ0v) is 5.09. The molecule has 0 aliphatic heterocycles. The third kappa shape index (κ3) is 5.98. The highest BCUT2D eigenvalue weighted by Gasteiger charge is 2.03. The Labute approximate surface area is 53.5 Å². The molecule has 8 heavy (non-hydrogen) atoms. The Morgan fingerprint density at radius 3 is 2.50 bits per heavy atom. The standard InChI is InChI=1S/C5H13BO2/c1-2-3-4-5-6(7)8/h7-8H,2-5H2,1H3/i5D2. The number of unbranched alkanes of at least 4 members (excludes halogenated alkanes) is 1. The first-order valence-corrected chi connectivity index (χ1v) is 2.87. The van der Waals surface area contributed by atoms with Crippen molar-refractivity contribution in [2.45, 2.75) is 32.5 Å². The lowest BCUT2D eigenvalue weighted by atomic mass is 9.84. The van der Waals surface area contributed by atoms with Crippen LogP contribution in [0, 0.1) is 0 Å². The molecular formula is C5H13BO2. The largest absolute Gasteiger partial charge is 0.451 e. The molecule has 3 heteroatoms. The minimum absolute atomic E-state index is 0.209. The van der Waals surface area contributed by atoms with Gasteiger partial charge in [-0.05, 0) is 6.27 Å². The molecule has 0 bridgehead atoms. The monoisotopic (exact) mass is 118 g/mol. The van der Waals surface area contributed by atoms with E-state index in [1.54, 1.807) is 0 Å². The van der Waals surface area contributed by atoms with E-state index in [1.807, 2.05) is 6.92 Å². The zero-order valence-electron chi connectivity index (χ0n) is 7.09. The fourth-order valence-electron chi connectivity index (χ4n) is 0.408. The highest BCUT2D eigenvalue weighted by molar-refractivity contribution is 6.40. The van der Waals surface area contributed by atoms with E-state index in [-0.39, 0.29) is 6.42 Å². The molecule has 0 aliphatic rings. The van der Waals surface area contributed by atoms with Crippen molar-refractivity contribution in [2.24, 2.45) is 0 Å². The molecule has 0 aromatic carbocycles. The van der Waals surface area contributed by atoms with E-state index in [4.69, 9.17) is 12.8 Å². The van der Waals surface area contributed by atoms with Gasteiger partial charge in [-0.15, -0.1) is 0 Å². The zero-order chi connectivity index (χ0) is 8.20. The van der Waals surface area contributed by atoms with Crippen molar-refractivity contribution in [3.8, 4) is 0 Å². The smallest absolute Gasteiger partial charge is 0.427 e. The van der Waals surface area contributed by atoms with Crippen LogP contribution in [0.2, 0.25) is 6.27 Å². The van der Waals surface area contributed by atoms with Crippen molar-refractivity contribution in [1.82, 2.24) is 0 Å². The fourth-order valence-corrected chi connectivity index (χ4v) is 0.408. The predicted molar refractivity (Wildman–Crippen MR) is 34.5 cm³/mol. The van der Waals surface area contributed by atoms with Gasteiger partial charge in [0.2, 0.25) is 0 Å². The van der Waals surface area contributed by atoms with E-state index in [1.165, 1.54) is 0 Å². The van der Waals surface area contributed by atoms with E-state index in [0.29, 0.717) is 6.42 Å². The van der Waals surface area contributed by atoms with Crippen molar-refractivity contribution >= 4 is 7.12 Å². The predicted octanol–water partition coefficient (Wildman–Crippen LogP) is 0.649. The summed E-state index contributed by atoms with van der Waals surface area (Å²) >= 11 is 0. The second kappa shape index (κ2) is 5.13. The highest BCUT2D eigenvalue weighted by atomic mass is 16.4. The average molecular weight is 118 g/mol. The lowest BCUT2D eigenvalue weighted by Crippen LogP contribution is -2.09. The van der Waals surface area contributed by atoms with E-state index in [2.05, 4.69) is 0 Å². The maximum Gasteiger partial charge on any atom is 0.451 e. The molecule has 48 valence electrons. The highest BCUT2D eigenvalue weighted by Crippen LogP contribution is 1.99. The van der Waals surface area contributed by atoms with Gasteiger partial charge < -0.3 is 10.0 Å². The minimum atomic E-state index is -1.85. The van der Waals surface area contributed by atoms with E-state index in [0.717, 1.165) is 6.42 Å². The summed E-state index contributed by atoms with van der Waals surface area (Å²) in [4.78, 5) is 0. The van der Waals surface area contributed by atoms with Crippen LogP contribution in [0.15, 0.2) is 0 Å². The maximum absolute atomic E-state index is 8.49. The lowest BCUT2D eigenvalue weighted by Gasteiger charge is -1.94. The van der Waals surface area contributed by atoms with Crippen LogP contribution in [0.1, 0.15) is 28.9 Å². The summed E-state index contributed by atoms with van der Waals surface area (Å²) in [6.45, 7) is 1.93. The van der Waals surface area contributed by atoms with Gasteiger partial charge in [0.15, 0.2) is 0 Å². The molecular weight excluding hydrogens is 103 g/mol. The minimum Gasteiger partial charge on any atom is -0.427 e. The van der Waals surface area contributed by atoms with Gasteiger partial charge in [0.25, 0.3) is 0 Å². The number of rotatable bonds is 4. The van der Waals surface area contributed by atoms with Crippen LogP contribution in [-0.2, 0) is 0 Å². The van der Waals surface area contributed by atoms with Gasteiger partial charge in [-0.2, -0.15) is 0 Å². The van der Waals surface area contributed by atoms with Gasteiger partial charge in [0.05, 0.1) is 0 Å². The van der Waals surface area contributed by atoms with E-state index < -0.39 is 13.4 Å². The third-order valence-electron chi connectivity index (χ3n) is 0.857. The summed E-state index contributed by atoms with van der Waals surface area (Å²) in [7, 11) is -1.85. The molecule has 0 atom stereocenters. The quantitative estimate of drug-likeness (QED) is 0.532. The van der Waals surface area contributed by atoms with Crippen molar-refractivity contribution < 1.29 is 12.8 Å². The van der Waals surface area contributed by atoms with Crippen LogP contribution < -0.4 is 0 Å². The summed E-state index contributed by atoms with van der Waals surface area (Å²) in [5.74, 6) is 0. The number of hydrogen-bond acceptors (Lipinski definition) is 2. The van der Waals surface area contributed by atoms with Crippen LogP contribution in [-0.4, -0.2) is 17.2 Å². The molecule has 0 amide bonds. The Bertz CT molecular complexity index is 97.6. The number of hydrogen-bond donors (Lipinski definition) is 2. The first-order valence-electron chi connectivity index (χ1n) is 3.87. The summed E-state index contributed by atoms with van der Waals surface area (Å²) in [6, 6.07) is 0. The van der Waals surface area contributed by atoms with Crippen LogP contribution in [0.25, 0.3) is 0 Å². The third-order valence-corrected chi connectivity index (χ3v) is 0.857. The van der Waals surface area contributed by atoms with Crippen LogP contribution in [0.5, 0.6) is 0 Å². The molecule has 0 rings (SSSR count).